The topological polar surface area (TPSA) is 54.5 Å². The van der Waals surface area contributed by atoms with Crippen molar-refractivity contribution in [2.45, 2.75) is 31.3 Å². The Kier molecular flexibility index (Phi) is 9.28. The number of hydrogen-bond acceptors (Lipinski definition) is 6. The van der Waals surface area contributed by atoms with Crippen molar-refractivity contribution in [2.75, 3.05) is 60.6 Å². The molecule has 0 atom stereocenters. The maximum Gasteiger partial charge on any atom is 0.222 e. The van der Waals surface area contributed by atoms with Gasteiger partial charge in [0, 0.05) is 52.2 Å². The number of likely N-dealkylation sites (tertiary alicyclic amines) is 1. The Hall–Kier alpha value is -3.69. The number of carbonyl (C=O) groups is 1. The molecule has 2 aliphatic heterocycles. The number of halogens is 2. The van der Waals surface area contributed by atoms with Gasteiger partial charge in [0.05, 0.1) is 26.9 Å². The van der Waals surface area contributed by atoms with Crippen molar-refractivity contribution < 1.29 is 27.8 Å². The Morgan fingerprint density at radius 3 is 1.76 bits per heavy atom. The molecule has 9 heteroatoms. The number of piperazine rings is 1. The molecule has 2 fully saturated rings. The molecule has 2 heterocycles. The molecule has 0 saturated carbocycles. The third kappa shape index (κ3) is 6.08. The van der Waals surface area contributed by atoms with Crippen molar-refractivity contribution in [1.29, 1.82) is 0 Å². The molecule has 2 aliphatic rings. The highest BCUT2D eigenvalue weighted by molar-refractivity contribution is 5.78. The lowest BCUT2D eigenvalue weighted by Gasteiger charge is -2.49. The molecular weight excluding hydrogens is 540 g/mol. The lowest BCUT2D eigenvalue weighted by Crippen LogP contribution is -2.56. The lowest BCUT2D eigenvalue weighted by molar-refractivity contribution is -0.128. The van der Waals surface area contributed by atoms with E-state index in [9.17, 15) is 13.6 Å². The quantitative estimate of drug-likeness (QED) is 0.317. The number of amides is 1. The van der Waals surface area contributed by atoms with Gasteiger partial charge in [0.1, 0.15) is 11.6 Å². The third-order valence-corrected chi connectivity index (χ3v) is 8.60. The van der Waals surface area contributed by atoms with Gasteiger partial charge in [-0.1, -0.05) is 24.3 Å². The summed E-state index contributed by atoms with van der Waals surface area (Å²) in [4.78, 5) is 19.3. The lowest BCUT2D eigenvalue weighted by atomic mass is 9.77. The first kappa shape index (κ1) is 29.8. The molecule has 2 saturated heterocycles. The van der Waals surface area contributed by atoms with E-state index in [0.29, 0.717) is 43.2 Å². The minimum atomic E-state index is -0.664. The summed E-state index contributed by atoms with van der Waals surface area (Å²) in [5.74, 6) is 1.35. The highest BCUT2D eigenvalue weighted by atomic mass is 19.1. The molecule has 0 aromatic heterocycles. The zero-order chi connectivity index (χ0) is 29.7. The number of carbonyl (C=O) groups excluding carboxylic acids is 1. The van der Waals surface area contributed by atoms with Crippen molar-refractivity contribution in [2.24, 2.45) is 0 Å². The first-order valence-electron chi connectivity index (χ1n) is 14.4. The molecule has 224 valence electrons. The third-order valence-electron chi connectivity index (χ3n) is 8.60. The second kappa shape index (κ2) is 13.1. The van der Waals surface area contributed by atoms with E-state index >= 15 is 0 Å². The van der Waals surface area contributed by atoms with Crippen molar-refractivity contribution in [3.05, 3.63) is 89.0 Å². The average Bonchev–Trinajstić information content (AvgIpc) is 3.43. The summed E-state index contributed by atoms with van der Waals surface area (Å²) in [6.07, 6.45) is 2.04. The number of nitrogens with zero attached hydrogens (tertiary/aromatic N) is 3. The van der Waals surface area contributed by atoms with Gasteiger partial charge in [-0.2, -0.15) is 0 Å². The molecule has 0 bridgehead atoms. The Balaban J connectivity index is 1.44. The standard InChI is InChI=1S/C33H39F2N3O4/c1-40-29-21-24(22-30(41-2)32(29)42-3)23-36-17-19-38(20-18-36)33(25-6-10-27(34)11-7-25,26-8-12-28(35)13-9-26)14-16-37-15-4-5-31(37)39/h6-13,21-22H,4-5,14-20,23H2,1-3H3. The van der Waals surface area contributed by atoms with Crippen LogP contribution < -0.4 is 14.2 Å². The first-order valence-corrected chi connectivity index (χ1v) is 14.4. The van der Waals surface area contributed by atoms with Crippen LogP contribution in [0.2, 0.25) is 0 Å². The van der Waals surface area contributed by atoms with Gasteiger partial charge >= 0.3 is 0 Å². The highest BCUT2D eigenvalue weighted by Gasteiger charge is 2.42. The molecule has 0 radical (unpaired) electrons. The van der Waals surface area contributed by atoms with Crippen LogP contribution in [0, 0.1) is 11.6 Å². The number of benzene rings is 3. The number of hydrogen-bond donors (Lipinski definition) is 0. The summed E-state index contributed by atoms with van der Waals surface area (Å²) in [6.45, 7) is 5.03. The van der Waals surface area contributed by atoms with Gasteiger partial charge in [0.15, 0.2) is 11.5 Å². The van der Waals surface area contributed by atoms with Gasteiger partial charge in [-0.05, 0) is 65.9 Å². The summed E-state index contributed by atoms with van der Waals surface area (Å²) >= 11 is 0. The SMILES string of the molecule is COc1cc(CN2CCN(C(CCN3CCCC3=O)(c3ccc(F)cc3)c3ccc(F)cc3)CC2)cc(OC)c1OC. The van der Waals surface area contributed by atoms with E-state index in [0.717, 1.165) is 55.8 Å². The molecule has 3 aromatic rings. The minimum Gasteiger partial charge on any atom is -0.493 e. The van der Waals surface area contributed by atoms with Gasteiger partial charge in [-0.15, -0.1) is 0 Å². The predicted molar refractivity (Wildman–Crippen MR) is 157 cm³/mol. The van der Waals surface area contributed by atoms with Crippen molar-refractivity contribution >= 4 is 5.91 Å². The van der Waals surface area contributed by atoms with E-state index < -0.39 is 5.54 Å². The van der Waals surface area contributed by atoms with E-state index in [-0.39, 0.29) is 17.5 Å². The molecule has 7 nitrogen and oxygen atoms in total. The normalized spacial score (nSPS) is 16.6. The van der Waals surface area contributed by atoms with E-state index in [1.165, 1.54) is 24.3 Å². The van der Waals surface area contributed by atoms with Crippen LogP contribution in [0.4, 0.5) is 8.78 Å². The second-order valence-corrected chi connectivity index (χ2v) is 10.9. The van der Waals surface area contributed by atoms with E-state index in [4.69, 9.17) is 14.2 Å². The molecule has 1 amide bonds. The van der Waals surface area contributed by atoms with Gasteiger partial charge in [0.25, 0.3) is 0 Å². The fourth-order valence-corrected chi connectivity index (χ4v) is 6.44. The second-order valence-electron chi connectivity index (χ2n) is 10.9. The van der Waals surface area contributed by atoms with E-state index in [1.807, 2.05) is 41.3 Å². The van der Waals surface area contributed by atoms with Gasteiger partial charge in [-0.25, -0.2) is 8.78 Å². The molecule has 5 rings (SSSR count). The van der Waals surface area contributed by atoms with Crippen molar-refractivity contribution in [3.63, 3.8) is 0 Å². The largest absolute Gasteiger partial charge is 0.493 e. The molecular formula is C33H39F2N3O4. The first-order chi connectivity index (χ1) is 20.4. The molecule has 3 aromatic carbocycles. The smallest absolute Gasteiger partial charge is 0.222 e. The van der Waals surface area contributed by atoms with Crippen LogP contribution in [-0.4, -0.2) is 81.2 Å². The van der Waals surface area contributed by atoms with Crippen LogP contribution in [-0.2, 0) is 16.9 Å². The summed E-state index contributed by atoms with van der Waals surface area (Å²) in [5, 5.41) is 0. The number of methoxy groups -OCH3 is 3. The molecule has 42 heavy (non-hydrogen) atoms. The Morgan fingerprint density at radius 2 is 1.31 bits per heavy atom. The average molecular weight is 580 g/mol. The van der Waals surface area contributed by atoms with Gasteiger partial charge in [-0.3, -0.25) is 14.6 Å². The number of rotatable bonds is 11. The van der Waals surface area contributed by atoms with Crippen LogP contribution >= 0.6 is 0 Å². The van der Waals surface area contributed by atoms with Crippen LogP contribution in [0.25, 0.3) is 0 Å². The van der Waals surface area contributed by atoms with E-state index in [1.54, 1.807) is 21.3 Å². The molecule has 0 spiro atoms. The Morgan fingerprint density at radius 1 is 0.762 bits per heavy atom. The summed E-state index contributed by atoms with van der Waals surface area (Å²) in [7, 11) is 4.81. The van der Waals surface area contributed by atoms with Crippen LogP contribution in [0.15, 0.2) is 60.7 Å². The summed E-state index contributed by atoms with van der Waals surface area (Å²) in [6, 6.07) is 17.2. The van der Waals surface area contributed by atoms with Crippen molar-refractivity contribution in [1.82, 2.24) is 14.7 Å². The van der Waals surface area contributed by atoms with Crippen LogP contribution in [0.5, 0.6) is 17.2 Å². The van der Waals surface area contributed by atoms with Crippen molar-refractivity contribution in [3.8, 4) is 17.2 Å². The minimum absolute atomic E-state index is 0.164. The Labute approximate surface area is 246 Å². The zero-order valence-corrected chi connectivity index (χ0v) is 24.6. The molecule has 0 N–H and O–H groups in total. The predicted octanol–water partition coefficient (Wildman–Crippen LogP) is 5.06. The Bertz CT molecular complexity index is 1290. The summed E-state index contributed by atoms with van der Waals surface area (Å²) in [5.41, 5.74) is 2.25. The fourth-order valence-electron chi connectivity index (χ4n) is 6.44. The highest BCUT2D eigenvalue weighted by Crippen LogP contribution is 2.42. The van der Waals surface area contributed by atoms with E-state index in [2.05, 4.69) is 9.80 Å². The maximum atomic E-state index is 14.1. The maximum absolute atomic E-state index is 14.1. The summed E-state index contributed by atoms with van der Waals surface area (Å²) < 4.78 is 44.8. The van der Waals surface area contributed by atoms with Gasteiger partial charge in [0.2, 0.25) is 11.7 Å². The van der Waals surface area contributed by atoms with Crippen LogP contribution in [0.3, 0.4) is 0 Å². The molecule has 0 aliphatic carbocycles. The van der Waals surface area contributed by atoms with Gasteiger partial charge < -0.3 is 19.1 Å². The molecule has 0 unspecified atom stereocenters. The zero-order valence-electron chi connectivity index (χ0n) is 24.6. The van der Waals surface area contributed by atoms with Crippen LogP contribution in [0.1, 0.15) is 36.0 Å². The monoisotopic (exact) mass is 579 g/mol. The fraction of sp³-hybridized carbons (Fsp3) is 0.424. The number of ether oxygens (including phenoxy) is 3.